The van der Waals surface area contributed by atoms with E-state index in [0.29, 0.717) is 10.7 Å². The van der Waals surface area contributed by atoms with Crippen molar-refractivity contribution in [3.05, 3.63) is 29.3 Å². The minimum atomic E-state index is -0.359. The molecule has 110 valence electrons. The molecular formula is C14H20ClN3O2. The number of carbonyl (C=O) groups excluding carboxylic acids is 2. The number of nitrogens with zero attached hydrogens (tertiary/aromatic N) is 2. The highest BCUT2D eigenvalue weighted by atomic mass is 35.5. The third kappa shape index (κ3) is 4.51. The van der Waals surface area contributed by atoms with Gasteiger partial charge in [0.15, 0.2) is 0 Å². The second-order valence-electron chi connectivity index (χ2n) is 4.85. The van der Waals surface area contributed by atoms with Crippen LogP contribution in [0.1, 0.15) is 6.92 Å². The van der Waals surface area contributed by atoms with Crippen LogP contribution in [0.4, 0.5) is 5.69 Å². The number of rotatable bonds is 5. The summed E-state index contributed by atoms with van der Waals surface area (Å²) in [6.07, 6.45) is 0. The molecule has 6 heteroatoms. The first-order chi connectivity index (χ1) is 9.32. The van der Waals surface area contributed by atoms with Gasteiger partial charge in [0, 0.05) is 14.1 Å². The molecule has 0 bridgehead atoms. The molecule has 1 atom stereocenters. The van der Waals surface area contributed by atoms with E-state index in [1.165, 1.54) is 4.90 Å². The van der Waals surface area contributed by atoms with Crippen molar-refractivity contribution in [1.29, 1.82) is 0 Å². The van der Waals surface area contributed by atoms with E-state index < -0.39 is 0 Å². The second-order valence-corrected chi connectivity index (χ2v) is 5.26. The second kappa shape index (κ2) is 7.26. The molecule has 0 fully saturated rings. The lowest BCUT2D eigenvalue weighted by atomic mass is 10.2. The van der Waals surface area contributed by atoms with Crippen LogP contribution in [-0.2, 0) is 9.59 Å². The van der Waals surface area contributed by atoms with Gasteiger partial charge in [-0.3, -0.25) is 14.5 Å². The molecule has 0 radical (unpaired) electrons. The van der Waals surface area contributed by atoms with Crippen LogP contribution in [-0.4, -0.2) is 55.3 Å². The number of para-hydroxylation sites is 1. The fraction of sp³-hybridized carbons (Fsp3) is 0.429. The molecular weight excluding hydrogens is 278 g/mol. The van der Waals surface area contributed by atoms with Gasteiger partial charge in [0.1, 0.15) is 0 Å². The molecule has 5 nitrogen and oxygen atoms in total. The van der Waals surface area contributed by atoms with Crippen molar-refractivity contribution in [3.63, 3.8) is 0 Å². The van der Waals surface area contributed by atoms with Crippen LogP contribution in [0.15, 0.2) is 24.3 Å². The van der Waals surface area contributed by atoms with Gasteiger partial charge >= 0.3 is 0 Å². The Morgan fingerprint density at radius 3 is 2.40 bits per heavy atom. The lowest BCUT2D eigenvalue weighted by molar-refractivity contribution is -0.133. The Balaban J connectivity index is 2.58. The largest absolute Gasteiger partial charge is 0.347 e. The zero-order valence-corrected chi connectivity index (χ0v) is 12.9. The third-order valence-corrected chi connectivity index (χ3v) is 3.33. The fourth-order valence-corrected chi connectivity index (χ4v) is 1.86. The molecule has 0 saturated carbocycles. The normalized spacial score (nSPS) is 12.1. The van der Waals surface area contributed by atoms with E-state index in [0.717, 1.165) is 0 Å². The first kappa shape index (κ1) is 16.5. The van der Waals surface area contributed by atoms with Gasteiger partial charge in [0.2, 0.25) is 11.8 Å². The Bertz CT molecular complexity index is 491. The Labute approximate surface area is 124 Å². The van der Waals surface area contributed by atoms with Crippen LogP contribution in [0.25, 0.3) is 0 Å². The number of hydrogen-bond donors (Lipinski definition) is 1. The summed E-state index contributed by atoms with van der Waals surface area (Å²) in [5.74, 6) is -0.253. The third-order valence-electron chi connectivity index (χ3n) is 3.00. The van der Waals surface area contributed by atoms with E-state index in [4.69, 9.17) is 11.6 Å². The Morgan fingerprint density at radius 1 is 1.25 bits per heavy atom. The molecule has 0 heterocycles. The van der Waals surface area contributed by atoms with E-state index in [2.05, 4.69) is 5.32 Å². The maximum absolute atomic E-state index is 11.9. The summed E-state index contributed by atoms with van der Waals surface area (Å²) in [4.78, 5) is 26.9. The summed E-state index contributed by atoms with van der Waals surface area (Å²) in [5.41, 5.74) is 0.569. The van der Waals surface area contributed by atoms with E-state index >= 15 is 0 Å². The highest BCUT2D eigenvalue weighted by Gasteiger charge is 2.21. The smallest absolute Gasteiger partial charge is 0.239 e. The Morgan fingerprint density at radius 2 is 1.85 bits per heavy atom. The molecule has 1 aromatic carbocycles. The Hall–Kier alpha value is -1.59. The van der Waals surface area contributed by atoms with Crippen molar-refractivity contribution >= 4 is 29.1 Å². The molecule has 0 aliphatic heterocycles. The van der Waals surface area contributed by atoms with Gasteiger partial charge < -0.3 is 10.2 Å². The highest BCUT2D eigenvalue weighted by Crippen LogP contribution is 2.20. The van der Waals surface area contributed by atoms with Crippen molar-refractivity contribution in [2.24, 2.45) is 0 Å². The maximum Gasteiger partial charge on any atom is 0.239 e. The standard InChI is InChI=1S/C14H20ClN3O2/c1-10(14(20)17(2)3)18(4)9-13(19)16-12-8-6-5-7-11(12)15/h5-8,10H,9H2,1-4H3,(H,16,19)/t10-/m1/s1. The number of amides is 2. The molecule has 1 aromatic rings. The molecule has 2 amide bonds. The molecule has 1 rings (SSSR count). The first-order valence-electron chi connectivity index (χ1n) is 6.28. The first-order valence-corrected chi connectivity index (χ1v) is 6.66. The zero-order chi connectivity index (χ0) is 15.3. The number of nitrogens with one attached hydrogen (secondary N) is 1. The summed E-state index contributed by atoms with van der Waals surface area (Å²) < 4.78 is 0. The van der Waals surface area contributed by atoms with Crippen molar-refractivity contribution in [2.45, 2.75) is 13.0 Å². The predicted molar refractivity (Wildman–Crippen MR) is 80.9 cm³/mol. The van der Waals surface area contributed by atoms with Crippen LogP contribution in [0.5, 0.6) is 0 Å². The van der Waals surface area contributed by atoms with Gasteiger partial charge in [0.25, 0.3) is 0 Å². The number of benzene rings is 1. The van der Waals surface area contributed by atoms with E-state index in [-0.39, 0.29) is 24.4 Å². The highest BCUT2D eigenvalue weighted by molar-refractivity contribution is 6.33. The van der Waals surface area contributed by atoms with Gasteiger partial charge in [-0.2, -0.15) is 0 Å². The van der Waals surface area contributed by atoms with E-state index in [1.807, 2.05) is 0 Å². The van der Waals surface area contributed by atoms with Crippen LogP contribution < -0.4 is 5.32 Å². The van der Waals surface area contributed by atoms with Gasteiger partial charge in [0.05, 0.1) is 23.3 Å². The maximum atomic E-state index is 11.9. The van der Waals surface area contributed by atoms with Gasteiger partial charge in [-0.15, -0.1) is 0 Å². The van der Waals surface area contributed by atoms with Crippen LogP contribution in [0, 0.1) is 0 Å². The summed E-state index contributed by atoms with van der Waals surface area (Å²) in [7, 11) is 5.12. The van der Waals surface area contributed by atoms with Crippen LogP contribution in [0.3, 0.4) is 0 Å². The fourth-order valence-electron chi connectivity index (χ4n) is 1.68. The average molecular weight is 298 g/mol. The molecule has 0 saturated heterocycles. The summed E-state index contributed by atoms with van der Waals surface area (Å²) in [6.45, 7) is 1.89. The van der Waals surface area contributed by atoms with Crippen LogP contribution in [0.2, 0.25) is 5.02 Å². The molecule has 0 unspecified atom stereocenters. The minimum absolute atomic E-state index is 0.0435. The van der Waals surface area contributed by atoms with Crippen molar-refractivity contribution < 1.29 is 9.59 Å². The molecule has 0 spiro atoms. The number of halogens is 1. The van der Waals surface area contributed by atoms with Crippen molar-refractivity contribution in [2.75, 3.05) is 33.0 Å². The quantitative estimate of drug-likeness (QED) is 0.900. The predicted octanol–water partition coefficient (Wildman–Crippen LogP) is 1.69. The Kier molecular flexibility index (Phi) is 5.98. The molecule has 0 aromatic heterocycles. The lowest BCUT2D eigenvalue weighted by Gasteiger charge is -2.25. The van der Waals surface area contributed by atoms with Gasteiger partial charge in [-0.1, -0.05) is 23.7 Å². The zero-order valence-electron chi connectivity index (χ0n) is 12.2. The summed E-state index contributed by atoms with van der Waals surface area (Å²) >= 11 is 5.97. The topological polar surface area (TPSA) is 52.7 Å². The van der Waals surface area contributed by atoms with Crippen LogP contribution >= 0.6 is 11.6 Å². The van der Waals surface area contributed by atoms with Gasteiger partial charge in [-0.05, 0) is 26.1 Å². The molecule has 0 aliphatic carbocycles. The number of carbonyl (C=O) groups is 2. The van der Waals surface area contributed by atoms with Crippen molar-refractivity contribution in [3.8, 4) is 0 Å². The lowest BCUT2D eigenvalue weighted by Crippen LogP contribution is -2.45. The molecule has 1 N–H and O–H groups in total. The monoisotopic (exact) mass is 297 g/mol. The molecule has 0 aliphatic rings. The molecule has 20 heavy (non-hydrogen) atoms. The minimum Gasteiger partial charge on any atom is -0.347 e. The number of anilines is 1. The number of likely N-dealkylation sites (N-methyl/N-ethyl adjacent to an activating group) is 2. The van der Waals surface area contributed by atoms with E-state index in [1.54, 1.807) is 57.2 Å². The summed E-state index contributed by atoms with van der Waals surface area (Å²) in [6, 6.07) is 6.67. The van der Waals surface area contributed by atoms with Crippen molar-refractivity contribution in [1.82, 2.24) is 9.80 Å². The van der Waals surface area contributed by atoms with E-state index in [9.17, 15) is 9.59 Å². The SMILES string of the molecule is C[C@H](C(=O)N(C)C)N(C)CC(=O)Nc1ccccc1Cl. The summed E-state index contributed by atoms with van der Waals surface area (Å²) in [5, 5.41) is 3.21. The number of hydrogen-bond acceptors (Lipinski definition) is 3. The van der Waals surface area contributed by atoms with Gasteiger partial charge in [-0.25, -0.2) is 0 Å². The average Bonchev–Trinajstić information content (AvgIpc) is 2.39.